The molecule has 2 aromatic rings. The average molecular weight is 395 g/mol. The molecule has 2 aromatic carbocycles. The minimum atomic E-state index is -0.317. The molecular weight excluding hydrogens is 370 g/mol. The van der Waals surface area contributed by atoms with E-state index in [1.54, 1.807) is 7.11 Å². The Morgan fingerprint density at radius 3 is 2.79 bits per heavy atom. The highest BCUT2D eigenvalue weighted by Crippen LogP contribution is 2.41. The van der Waals surface area contributed by atoms with Crippen LogP contribution in [0.1, 0.15) is 24.0 Å². The van der Waals surface area contributed by atoms with Crippen molar-refractivity contribution in [1.29, 1.82) is 0 Å². The fourth-order valence-electron chi connectivity index (χ4n) is 3.74. The van der Waals surface area contributed by atoms with Gasteiger partial charge in [-0.25, -0.2) is 4.99 Å². The molecule has 7 nitrogen and oxygen atoms in total. The SMILES string of the molecule is COc1c(OCCCCO)ccc2c1CN1C(=N2)NC(=O)C1Cc1ccccc1. The number of guanidine groups is 1. The minimum Gasteiger partial charge on any atom is -0.492 e. The summed E-state index contributed by atoms with van der Waals surface area (Å²) in [5.74, 6) is 1.84. The molecule has 1 saturated heterocycles. The van der Waals surface area contributed by atoms with Gasteiger partial charge in [-0.3, -0.25) is 10.1 Å². The van der Waals surface area contributed by atoms with E-state index in [1.165, 1.54) is 0 Å². The molecule has 1 fully saturated rings. The van der Waals surface area contributed by atoms with Gasteiger partial charge in [0.2, 0.25) is 11.9 Å². The van der Waals surface area contributed by atoms with Crippen molar-refractivity contribution in [3.63, 3.8) is 0 Å². The summed E-state index contributed by atoms with van der Waals surface area (Å²) < 4.78 is 11.5. The van der Waals surface area contributed by atoms with Gasteiger partial charge in [0.25, 0.3) is 0 Å². The third-order valence-corrected chi connectivity index (χ3v) is 5.23. The molecular formula is C22H25N3O4. The van der Waals surface area contributed by atoms with E-state index in [2.05, 4.69) is 10.3 Å². The predicted molar refractivity (Wildman–Crippen MR) is 110 cm³/mol. The molecule has 1 amide bonds. The lowest BCUT2D eigenvalue weighted by atomic mass is 10.0. The zero-order valence-electron chi connectivity index (χ0n) is 16.4. The van der Waals surface area contributed by atoms with Crippen LogP contribution in [0.2, 0.25) is 0 Å². The maximum absolute atomic E-state index is 12.6. The molecule has 2 aliphatic rings. The van der Waals surface area contributed by atoms with E-state index in [0.717, 1.165) is 23.2 Å². The number of benzene rings is 2. The molecule has 1 unspecified atom stereocenters. The molecule has 0 spiro atoms. The van der Waals surface area contributed by atoms with E-state index >= 15 is 0 Å². The summed E-state index contributed by atoms with van der Waals surface area (Å²) in [6.45, 7) is 1.17. The van der Waals surface area contributed by atoms with Crippen LogP contribution in [0, 0.1) is 0 Å². The van der Waals surface area contributed by atoms with Crippen molar-refractivity contribution >= 4 is 17.6 Å². The number of nitrogens with zero attached hydrogens (tertiary/aromatic N) is 2. The molecule has 1 atom stereocenters. The average Bonchev–Trinajstić information content (AvgIpc) is 3.04. The third-order valence-electron chi connectivity index (χ3n) is 5.23. The summed E-state index contributed by atoms with van der Waals surface area (Å²) in [6, 6.07) is 13.4. The van der Waals surface area contributed by atoms with Crippen molar-refractivity contribution < 1.29 is 19.4 Å². The maximum Gasteiger partial charge on any atom is 0.249 e. The Kier molecular flexibility index (Phi) is 5.67. The topological polar surface area (TPSA) is 83.4 Å². The van der Waals surface area contributed by atoms with Crippen LogP contribution in [-0.4, -0.2) is 48.2 Å². The van der Waals surface area contributed by atoms with Crippen LogP contribution in [-0.2, 0) is 17.8 Å². The van der Waals surface area contributed by atoms with Gasteiger partial charge in [-0.15, -0.1) is 0 Å². The zero-order valence-corrected chi connectivity index (χ0v) is 16.4. The number of carbonyl (C=O) groups excluding carboxylic acids is 1. The summed E-state index contributed by atoms with van der Waals surface area (Å²) in [7, 11) is 1.62. The highest BCUT2D eigenvalue weighted by atomic mass is 16.5. The number of fused-ring (bicyclic) bond motifs is 2. The molecule has 152 valence electrons. The Hall–Kier alpha value is -3.06. The highest BCUT2D eigenvalue weighted by molar-refractivity contribution is 6.08. The van der Waals surface area contributed by atoms with Crippen LogP contribution in [0.25, 0.3) is 0 Å². The molecule has 0 aromatic heterocycles. The first kappa shape index (κ1) is 19.3. The maximum atomic E-state index is 12.6. The van der Waals surface area contributed by atoms with Crippen LogP contribution < -0.4 is 14.8 Å². The number of aliphatic hydroxyl groups is 1. The lowest BCUT2D eigenvalue weighted by Gasteiger charge is -2.29. The summed E-state index contributed by atoms with van der Waals surface area (Å²) in [4.78, 5) is 19.3. The van der Waals surface area contributed by atoms with Crippen molar-refractivity contribution in [3.8, 4) is 11.5 Å². The van der Waals surface area contributed by atoms with E-state index in [4.69, 9.17) is 14.6 Å². The number of carbonyl (C=O) groups is 1. The van der Waals surface area contributed by atoms with Crippen LogP contribution >= 0.6 is 0 Å². The molecule has 0 bridgehead atoms. The summed E-state index contributed by atoms with van der Waals surface area (Å²) in [6.07, 6.45) is 2.08. The van der Waals surface area contributed by atoms with Crippen LogP contribution in [0.4, 0.5) is 5.69 Å². The van der Waals surface area contributed by atoms with Crippen molar-refractivity contribution in [2.75, 3.05) is 20.3 Å². The molecule has 2 heterocycles. The van der Waals surface area contributed by atoms with Gasteiger partial charge in [-0.05, 0) is 30.5 Å². The Morgan fingerprint density at radius 2 is 2.03 bits per heavy atom. The molecule has 0 radical (unpaired) electrons. The predicted octanol–water partition coefficient (Wildman–Crippen LogP) is 2.39. The van der Waals surface area contributed by atoms with Crippen molar-refractivity contribution in [3.05, 3.63) is 53.6 Å². The van der Waals surface area contributed by atoms with Crippen molar-refractivity contribution in [2.24, 2.45) is 4.99 Å². The number of hydrogen-bond donors (Lipinski definition) is 2. The second-order valence-electron chi connectivity index (χ2n) is 7.13. The van der Waals surface area contributed by atoms with Gasteiger partial charge in [-0.2, -0.15) is 0 Å². The Balaban J connectivity index is 1.58. The quantitative estimate of drug-likeness (QED) is 0.671. The number of nitrogens with one attached hydrogen (secondary N) is 1. The first-order chi connectivity index (χ1) is 14.2. The molecule has 4 rings (SSSR count). The summed E-state index contributed by atoms with van der Waals surface area (Å²) >= 11 is 0. The van der Waals surface area contributed by atoms with Crippen molar-refractivity contribution in [1.82, 2.24) is 10.2 Å². The normalized spacial score (nSPS) is 17.3. The fraction of sp³-hybridized carbons (Fsp3) is 0.364. The van der Waals surface area contributed by atoms with Gasteiger partial charge in [0.15, 0.2) is 11.5 Å². The number of aliphatic imine (C=N–C) groups is 1. The Morgan fingerprint density at radius 1 is 1.21 bits per heavy atom. The van der Waals surface area contributed by atoms with E-state index in [1.807, 2.05) is 47.4 Å². The second-order valence-corrected chi connectivity index (χ2v) is 7.13. The van der Waals surface area contributed by atoms with Crippen LogP contribution in [0.15, 0.2) is 47.5 Å². The number of ether oxygens (including phenoxy) is 2. The zero-order chi connectivity index (χ0) is 20.2. The lowest BCUT2D eigenvalue weighted by Crippen LogP contribution is -2.38. The van der Waals surface area contributed by atoms with Gasteiger partial charge in [0.1, 0.15) is 6.04 Å². The number of aliphatic hydroxyl groups excluding tert-OH is 1. The van der Waals surface area contributed by atoms with E-state index in [0.29, 0.717) is 43.5 Å². The van der Waals surface area contributed by atoms with Gasteiger partial charge >= 0.3 is 0 Å². The summed E-state index contributed by atoms with van der Waals surface area (Å²) in [5, 5.41) is 11.8. The fourth-order valence-corrected chi connectivity index (χ4v) is 3.74. The van der Waals surface area contributed by atoms with E-state index in [9.17, 15) is 4.79 Å². The molecule has 7 heteroatoms. The standard InChI is InChI=1S/C22H25N3O4/c1-28-20-16-14-25-18(13-15-7-3-2-4-8-15)21(27)24-22(25)23-17(16)9-10-19(20)29-12-6-5-11-26/h2-4,7-10,18,26H,5-6,11-14H2,1H3,(H,23,24,27). The molecule has 2 aliphatic heterocycles. The summed E-state index contributed by atoms with van der Waals surface area (Å²) in [5.41, 5.74) is 2.79. The van der Waals surface area contributed by atoms with Crippen LogP contribution in [0.5, 0.6) is 11.5 Å². The highest BCUT2D eigenvalue weighted by Gasteiger charge is 2.40. The van der Waals surface area contributed by atoms with Crippen LogP contribution in [0.3, 0.4) is 0 Å². The number of methoxy groups -OCH3 is 1. The molecule has 0 saturated carbocycles. The monoisotopic (exact) mass is 395 g/mol. The van der Waals surface area contributed by atoms with Crippen molar-refractivity contribution in [2.45, 2.75) is 31.8 Å². The third kappa shape index (κ3) is 3.91. The van der Waals surface area contributed by atoms with E-state index in [-0.39, 0.29) is 18.6 Å². The first-order valence-corrected chi connectivity index (χ1v) is 9.85. The first-order valence-electron chi connectivity index (χ1n) is 9.85. The number of hydrogen-bond acceptors (Lipinski definition) is 6. The number of amides is 1. The Bertz CT molecular complexity index is 914. The lowest BCUT2D eigenvalue weighted by molar-refractivity contribution is -0.121. The number of unbranched alkanes of at least 4 members (excludes halogenated alkanes) is 1. The van der Waals surface area contributed by atoms with E-state index < -0.39 is 0 Å². The number of rotatable bonds is 8. The van der Waals surface area contributed by atoms with Gasteiger partial charge in [0, 0.05) is 18.6 Å². The minimum absolute atomic E-state index is 0.0418. The second kappa shape index (κ2) is 8.53. The molecule has 2 N–H and O–H groups in total. The largest absolute Gasteiger partial charge is 0.492 e. The van der Waals surface area contributed by atoms with Gasteiger partial charge in [0.05, 0.1) is 25.9 Å². The Labute approximate surface area is 170 Å². The smallest absolute Gasteiger partial charge is 0.249 e. The molecule has 0 aliphatic carbocycles. The van der Waals surface area contributed by atoms with Gasteiger partial charge < -0.3 is 19.5 Å². The molecule has 29 heavy (non-hydrogen) atoms. The van der Waals surface area contributed by atoms with Gasteiger partial charge in [-0.1, -0.05) is 30.3 Å².